The highest BCUT2D eigenvalue weighted by Gasteiger charge is 2.03. The lowest BCUT2D eigenvalue weighted by molar-refractivity contribution is 1.24. The largest absolute Gasteiger partial charge is 0.399 e. The molecular weight excluding hydrogens is 224 g/mol. The molecule has 0 aromatic carbocycles. The van der Waals surface area contributed by atoms with Gasteiger partial charge in [0.1, 0.15) is 11.2 Å². The van der Waals surface area contributed by atoms with Crippen LogP contribution < -0.4 is 5.73 Å². The zero-order valence-corrected chi connectivity index (χ0v) is 8.94. The topological polar surface area (TPSA) is 75.6 Å². The molecule has 0 atom stereocenters. The van der Waals surface area contributed by atoms with E-state index in [1.165, 1.54) is 6.20 Å². The van der Waals surface area contributed by atoms with Gasteiger partial charge in [-0.05, 0) is 24.3 Å². The van der Waals surface area contributed by atoms with E-state index >= 15 is 0 Å². The van der Waals surface area contributed by atoms with Crippen molar-refractivity contribution in [3.05, 3.63) is 41.2 Å². The number of halogens is 1. The van der Waals surface area contributed by atoms with Crippen molar-refractivity contribution in [2.45, 2.75) is 0 Å². The highest BCUT2D eigenvalue weighted by atomic mass is 35.5. The Hall–Kier alpha value is -2.12. The summed E-state index contributed by atoms with van der Waals surface area (Å²) >= 11 is 5.79. The molecule has 0 fully saturated rings. The number of nitriles is 1. The van der Waals surface area contributed by atoms with Crippen molar-refractivity contribution >= 4 is 17.3 Å². The van der Waals surface area contributed by atoms with E-state index < -0.39 is 0 Å². The fourth-order valence-electron chi connectivity index (χ4n) is 1.26. The number of anilines is 1. The predicted molar refractivity (Wildman–Crippen MR) is 61.6 cm³/mol. The summed E-state index contributed by atoms with van der Waals surface area (Å²) < 4.78 is 0. The number of nitrogens with zero attached hydrogens (tertiary/aromatic N) is 3. The predicted octanol–water partition coefficient (Wildman–Crippen LogP) is 2.25. The number of pyridine rings is 2. The maximum absolute atomic E-state index is 8.64. The molecule has 2 aromatic rings. The highest BCUT2D eigenvalue weighted by molar-refractivity contribution is 6.29. The Balaban J connectivity index is 2.47. The first-order valence-electron chi connectivity index (χ1n) is 4.48. The number of aromatic nitrogens is 2. The summed E-state index contributed by atoms with van der Waals surface area (Å²) in [6, 6.07) is 8.61. The van der Waals surface area contributed by atoms with Crippen LogP contribution in [0, 0.1) is 11.3 Å². The Morgan fingerprint density at radius 1 is 1.25 bits per heavy atom. The van der Waals surface area contributed by atoms with E-state index in [-0.39, 0.29) is 0 Å². The van der Waals surface area contributed by atoms with E-state index in [2.05, 4.69) is 9.97 Å². The molecule has 0 aliphatic carbocycles. The average Bonchev–Trinajstić information content (AvgIpc) is 2.28. The zero-order valence-electron chi connectivity index (χ0n) is 8.18. The van der Waals surface area contributed by atoms with E-state index in [1.807, 2.05) is 6.07 Å². The molecule has 4 nitrogen and oxygen atoms in total. The monoisotopic (exact) mass is 230 g/mol. The van der Waals surface area contributed by atoms with Crippen molar-refractivity contribution in [3.8, 4) is 17.5 Å². The van der Waals surface area contributed by atoms with Gasteiger partial charge in [0.25, 0.3) is 0 Å². The SMILES string of the molecule is N#Cc1ccc(-c2cc(N)cc(Cl)n2)nc1. The lowest BCUT2D eigenvalue weighted by Crippen LogP contribution is -1.92. The second-order valence-electron chi connectivity index (χ2n) is 3.15. The first-order valence-corrected chi connectivity index (χ1v) is 4.86. The smallest absolute Gasteiger partial charge is 0.131 e. The number of nitrogen functional groups attached to an aromatic ring is 1. The molecule has 16 heavy (non-hydrogen) atoms. The molecule has 78 valence electrons. The molecule has 2 N–H and O–H groups in total. The molecule has 0 radical (unpaired) electrons. The van der Waals surface area contributed by atoms with Crippen molar-refractivity contribution in [3.63, 3.8) is 0 Å². The molecule has 0 unspecified atom stereocenters. The molecule has 2 heterocycles. The molecule has 0 spiro atoms. The van der Waals surface area contributed by atoms with E-state index in [1.54, 1.807) is 24.3 Å². The van der Waals surface area contributed by atoms with Gasteiger partial charge in [-0.15, -0.1) is 0 Å². The van der Waals surface area contributed by atoms with E-state index in [0.717, 1.165) is 0 Å². The molecule has 2 aromatic heterocycles. The van der Waals surface area contributed by atoms with Crippen molar-refractivity contribution in [1.29, 1.82) is 5.26 Å². The van der Waals surface area contributed by atoms with Crippen LogP contribution in [0.1, 0.15) is 5.56 Å². The van der Waals surface area contributed by atoms with Gasteiger partial charge >= 0.3 is 0 Å². The summed E-state index contributed by atoms with van der Waals surface area (Å²) in [6.07, 6.45) is 1.48. The highest BCUT2D eigenvalue weighted by Crippen LogP contribution is 2.20. The van der Waals surface area contributed by atoms with Crippen molar-refractivity contribution in [2.75, 3.05) is 5.73 Å². The van der Waals surface area contributed by atoms with E-state index in [4.69, 9.17) is 22.6 Å². The van der Waals surface area contributed by atoms with Gasteiger partial charge in [-0.1, -0.05) is 11.6 Å². The molecule has 0 amide bonds. The van der Waals surface area contributed by atoms with Crippen LogP contribution in [-0.4, -0.2) is 9.97 Å². The fraction of sp³-hybridized carbons (Fsp3) is 0. The Bertz CT molecular complexity index is 537. The van der Waals surface area contributed by atoms with Crippen LogP contribution in [0.25, 0.3) is 11.4 Å². The quantitative estimate of drug-likeness (QED) is 0.763. The third kappa shape index (κ3) is 2.10. The Morgan fingerprint density at radius 2 is 2.06 bits per heavy atom. The number of hydrogen-bond acceptors (Lipinski definition) is 4. The molecule has 0 aliphatic rings. The maximum Gasteiger partial charge on any atom is 0.131 e. The standard InChI is InChI=1S/C11H7ClN4/c12-11-4-8(14)3-10(16-11)9-2-1-7(5-13)6-15-9/h1-4,6H,(H2,14,16). The summed E-state index contributed by atoms with van der Waals surface area (Å²) in [5.74, 6) is 0. The van der Waals surface area contributed by atoms with Gasteiger partial charge < -0.3 is 5.73 Å². The summed E-state index contributed by atoms with van der Waals surface area (Å²) in [4.78, 5) is 8.20. The average molecular weight is 231 g/mol. The summed E-state index contributed by atoms with van der Waals surface area (Å²) in [6.45, 7) is 0. The molecule has 0 saturated carbocycles. The maximum atomic E-state index is 8.64. The molecule has 0 saturated heterocycles. The molecule has 0 aliphatic heterocycles. The van der Waals surface area contributed by atoms with Gasteiger partial charge in [0.15, 0.2) is 0 Å². The normalized spacial score (nSPS) is 9.75. The van der Waals surface area contributed by atoms with Crippen LogP contribution in [0.15, 0.2) is 30.5 Å². The molecule has 2 rings (SSSR count). The minimum atomic E-state index is 0.321. The third-order valence-electron chi connectivity index (χ3n) is 1.97. The number of nitrogens with two attached hydrogens (primary N) is 1. The first kappa shape index (κ1) is 10.4. The Labute approximate surface area is 97.3 Å². The van der Waals surface area contributed by atoms with Crippen LogP contribution in [0.4, 0.5) is 5.69 Å². The van der Waals surface area contributed by atoms with Crippen LogP contribution in [-0.2, 0) is 0 Å². The zero-order chi connectivity index (χ0) is 11.5. The Kier molecular flexibility index (Phi) is 2.71. The number of rotatable bonds is 1. The third-order valence-corrected chi connectivity index (χ3v) is 2.17. The second kappa shape index (κ2) is 4.17. The lowest BCUT2D eigenvalue weighted by Gasteiger charge is -2.02. The van der Waals surface area contributed by atoms with Gasteiger partial charge in [-0.25, -0.2) is 4.98 Å². The van der Waals surface area contributed by atoms with E-state index in [0.29, 0.717) is 27.8 Å². The first-order chi connectivity index (χ1) is 7.69. The minimum absolute atomic E-state index is 0.321. The van der Waals surface area contributed by atoms with Gasteiger partial charge in [0, 0.05) is 11.9 Å². The van der Waals surface area contributed by atoms with Crippen molar-refractivity contribution < 1.29 is 0 Å². The summed E-state index contributed by atoms with van der Waals surface area (Å²) in [5, 5.41) is 8.96. The van der Waals surface area contributed by atoms with Crippen molar-refractivity contribution in [1.82, 2.24) is 9.97 Å². The second-order valence-corrected chi connectivity index (χ2v) is 3.54. The fourth-order valence-corrected chi connectivity index (χ4v) is 1.48. The number of hydrogen-bond donors (Lipinski definition) is 1. The summed E-state index contributed by atoms with van der Waals surface area (Å²) in [7, 11) is 0. The molecule has 5 heteroatoms. The Morgan fingerprint density at radius 3 is 2.62 bits per heavy atom. The van der Waals surface area contributed by atoms with Crippen LogP contribution in [0.3, 0.4) is 0 Å². The van der Waals surface area contributed by atoms with Gasteiger partial charge in [0.2, 0.25) is 0 Å². The van der Waals surface area contributed by atoms with E-state index in [9.17, 15) is 0 Å². The molecule has 0 bridgehead atoms. The minimum Gasteiger partial charge on any atom is -0.399 e. The van der Waals surface area contributed by atoms with Gasteiger partial charge in [0.05, 0.1) is 17.0 Å². The van der Waals surface area contributed by atoms with Gasteiger partial charge in [-0.3, -0.25) is 4.98 Å². The van der Waals surface area contributed by atoms with Crippen LogP contribution in [0.2, 0.25) is 5.15 Å². The van der Waals surface area contributed by atoms with Gasteiger partial charge in [-0.2, -0.15) is 5.26 Å². The summed E-state index contributed by atoms with van der Waals surface area (Å²) in [5.41, 5.74) is 7.90. The van der Waals surface area contributed by atoms with Crippen molar-refractivity contribution in [2.24, 2.45) is 0 Å². The van der Waals surface area contributed by atoms with Crippen LogP contribution >= 0.6 is 11.6 Å². The molecular formula is C11H7ClN4. The lowest BCUT2D eigenvalue weighted by atomic mass is 10.2. The van der Waals surface area contributed by atoms with Crippen LogP contribution in [0.5, 0.6) is 0 Å².